The molecular formula is C26H22ClN3O5. The molecule has 0 aliphatic carbocycles. The van der Waals surface area contributed by atoms with Gasteiger partial charge in [-0.25, -0.2) is 4.90 Å². The second-order valence-electron chi connectivity index (χ2n) is 7.55. The number of imide groups is 1. The molecule has 0 radical (unpaired) electrons. The van der Waals surface area contributed by atoms with Crippen LogP contribution < -0.4 is 25.0 Å². The number of benzene rings is 3. The molecule has 4 rings (SSSR count). The van der Waals surface area contributed by atoms with E-state index in [1.54, 1.807) is 36.4 Å². The molecule has 3 amide bonds. The third-order valence-electron chi connectivity index (χ3n) is 5.35. The molecule has 3 aromatic rings. The predicted molar refractivity (Wildman–Crippen MR) is 133 cm³/mol. The minimum atomic E-state index is -0.695. The Morgan fingerprint density at radius 2 is 1.69 bits per heavy atom. The highest BCUT2D eigenvalue weighted by molar-refractivity contribution is 6.53. The Bertz CT molecular complexity index is 1320. The van der Waals surface area contributed by atoms with Crippen molar-refractivity contribution >= 4 is 40.7 Å². The van der Waals surface area contributed by atoms with Gasteiger partial charge in [0.05, 0.1) is 19.9 Å². The van der Waals surface area contributed by atoms with Crippen LogP contribution in [-0.2, 0) is 16.1 Å². The Labute approximate surface area is 207 Å². The quantitative estimate of drug-likeness (QED) is 0.461. The highest BCUT2D eigenvalue weighted by atomic mass is 35.5. The summed E-state index contributed by atoms with van der Waals surface area (Å²) < 4.78 is 10.5. The number of rotatable bonds is 8. The monoisotopic (exact) mass is 491 g/mol. The van der Waals surface area contributed by atoms with E-state index in [-0.39, 0.29) is 28.1 Å². The number of anilines is 2. The molecule has 1 aliphatic heterocycles. The molecule has 0 saturated heterocycles. The first-order valence-electron chi connectivity index (χ1n) is 10.6. The Kier molecular flexibility index (Phi) is 7.03. The van der Waals surface area contributed by atoms with Crippen molar-refractivity contribution in [1.82, 2.24) is 5.32 Å². The molecule has 2 N–H and O–H groups in total. The molecule has 35 heavy (non-hydrogen) atoms. The predicted octanol–water partition coefficient (Wildman–Crippen LogP) is 4.07. The molecule has 1 aliphatic rings. The minimum Gasteiger partial charge on any atom is -0.497 e. The van der Waals surface area contributed by atoms with E-state index in [9.17, 15) is 14.4 Å². The average molecular weight is 492 g/mol. The van der Waals surface area contributed by atoms with Crippen LogP contribution in [0.25, 0.3) is 0 Å². The number of halogens is 1. The lowest BCUT2D eigenvalue weighted by atomic mass is 10.1. The van der Waals surface area contributed by atoms with Gasteiger partial charge in [-0.2, -0.15) is 0 Å². The summed E-state index contributed by atoms with van der Waals surface area (Å²) in [5, 5.41) is 5.47. The molecule has 8 nitrogen and oxygen atoms in total. The number of hydrogen-bond acceptors (Lipinski definition) is 6. The van der Waals surface area contributed by atoms with Crippen LogP contribution in [0.3, 0.4) is 0 Å². The highest BCUT2D eigenvalue weighted by Crippen LogP contribution is 2.37. The van der Waals surface area contributed by atoms with Crippen molar-refractivity contribution in [3.05, 3.63) is 94.7 Å². The van der Waals surface area contributed by atoms with E-state index >= 15 is 0 Å². The number of amides is 3. The fourth-order valence-electron chi connectivity index (χ4n) is 3.56. The third-order valence-corrected chi connectivity index (χ3v) is 5.70. The van der Waals surface area contributed by atoms with Crippen LogP contribution in [0.2, 0.25) is 0 Å². The van der Waals surface area contributed by atoms with Gasteiger partial charge in [-0.1, -0.05) is 48.0 Å². The lowest BCUT2D eigenvalue weighted by Gasteiger charge is -2.18. The van der Waals surface area contributed by atoms with Gasteiger partial charge < -0.3 is 20.1 Å². The molecule has 0 spiro atoms. The zero-order valence-corrected chi connectivity index (χ0v) is 19.8. The molecular weight excluding hydrogens is 470 g/mol. The maximum atomic E-state index is 13.2. The van der Waals surface area contributed by atoms with Gasteiger partial charge in [0.2, 0.25) is 0 Å². The highest BCUT2D eigenvalue weighted by Gasteiger charge is 2.40. The van der Waals surface area contributed by atoms with Gasteiger partial charge in [0.1, 0.15) is 22.2 Å². The van der Waals surface area contributed by atoms with Crippen LogP contribution in [0.5, 0.6) is 11.5 Å². The molecule has 0 unspecified atom stereocenters. The first-order valence-corrected chi connectivity index (χ1v) is 11.0. The summed E-state index contributed by atoms with van der Waals surface area (Å²) in [7, 11) is 2.92. The third kappa shape index (κ3) is 4.97. The number of carbonyl (C=O) groups excluding carboxylic acids is 3. The number of methoxy groups -OCH3 is 2. The molecule has 178 valence electrons. The van der Waals surface area contributed by atoms with Crippen molar-refractivity contribution in [1.29, 1.82) is 0 Å². The molecule has 0 atom stereocenters. The zero-order valence-electron chi connectivity index (χ0n) is 19.0. The van der Waals surface area contributed by atoms with E-state index in [0.29, 0.717) is 23.5 Å². The normalized spacial score (nSPS) is 13.2. The molecule has 3 aromatic carbocycles. The smallest absolute Gasteiger partial charge is 0.283 e. The summed E-state index contributed by atoms with van der Waals surface area (Å²) in [5.74, 6) is -0.851. The number of carbonyl (C=O) groups is 3. The van der Waals surface area contributed by atoms with Crippen LogP contribution in [0.1, 0.15) is 15.9 Å². The maximum Gasteiger partial charge on any atom is 0.283 e. The Balaban J connectivity index is 1.52. The van der Waals surface area contributed by atoms with Crippen molar-refractivity contribution in [3.8, 4) is 11.5 Å². The van der Waals surface area contributed by atoms with Crippen LogP contribution in [0.4, 0.5) is 11.4 Å². The van der Waals surface area contributed by atoms with Crippen molar-refractivity contribution in [3.63, 3.8) is 0 Å². The number of nitrogens with zero attached hydrogens (tertiary/aromatic N) is 1. The summed E-state index contributed by atoms with van der Waals surface area (Å²) >= 11 is 6.25. The lowest BCUT2D eigenvalue weighted by Crippen LogP contribution is -2.32. The SMILES string of the molecule is COc1ccc(N2C(=O)C(Cl)=C(Nc3cccc(C(=O)NCc4ccccc4)c3)C2=O)c(OC)c1. The van der Waals surface area contributed by atoms with Gasteiger partial charge in [0, 0.05) is 23.9 Å². The van der Waals surface area contributed by atoms with Crippen molar-refractivity contribution in [2.75, 3.05) is 24.4 Å². The van der Waals surface area contributed by atoms with E-state index in [2.05, 4.69) is 10.6 Å². The van der Waals surface area contributed by atoms with Gasteiger partial charge in [-0.3, -0.25) is 14.4 Å². The fraction of sp³-hybridized carbons (Fsp3) is 0.115. The molecule has 0 bridgehead atoms. The van der Waals surface area contributed by atoms with Gasteiger partial charge in [-0.15, -0.1) is 0 Å². The maximum absolute atomic E-state index is 13.2. The first kappa shape index (κ1) is 23.8. The Hall–Kier alpha value is -4.30. The summed E-state index contributed by atoms with van der Waals surface area (Å²) in [6.07, 6.45) is 0. The van der Waals surface area contributed by atoms with Crippen molar-refractivity contribution in [2.45, 2.75) is 6.54 Å². The second kappa shape index (κ2) is 10.3. The Morgan fingerprint density at radius 1 is 0.914 bits per heavy atom. The van der Waals surface area contributed by atoms with Crippen molar-refractivity contribution in [2.24, 2.45) is 0 Å². The van der Waals surface area contributed by atoms with Gasteiger partial charge >= 0.3 is 0 Å². The molecule has 0 aromatic heterocycles. The average Bonchev–Trinajstić information content (AvgIpc) is 3.10. The molecule has 9 heteroatoms. The van der Waals surface area contributed by atoms with Crippen LogP contribution in [0, 0.1) is 0 Å². The standard InChI is InChI=1S/C26H22ClN3O5/c1-34-19-11-12-20(21(14-19)35-2)30-25(32)22(27)23(26(30)33)29-18-10-6-9-17(13-18)24(31)28-15-16-7-4-3-5-8-16/h3-14,29H,15H2,1-2H3,(H,28,31). The zero-order chi connectivity index (χ0) is 24.9. The second-order valence-corrected chi connectivity index (χ2v) is 7.92. The molecule has 0 fully saturated rings. The summed E-state index contributed by atoms with van der Waals surface area (Å²) in [6, 6.07) is 20.8. The van der Waals surface area contributed by atoms with Crippen LogP contribution >= 0.6 is 11.6 Å². The van der Waals surface area contributed by atoms with E-state index in [4.69, 9.17) is 21.1 Å². The van der Waals surface area contributed by atoms with Gasteiger partial charge in [-0.05, 0) is 35.9 Å². The van der Waals surface area contributed by atoms with Gasteiger partial charge in [0.15, 0.2) is 0 Å². The number of ether oxygens (including phenoxy) is 2. The van der Waals surface area contributed by atoms with E-state index < -0.39 is 11.8 Å². The summed E-state index contributed by atoms with van der Waals surface area (Å²) in [5.41, 5.74) is 1.91. The summed E-state index contributed by atoms with van der Waals surface area (Å²) in [6.45, 7) is 0.375. The van der Waals surface area contributed by atoms with E-state index in [0.717, 1.165) is 10.5 Å². The van der Waals surface area contributed by atoms with Crippen LogP contribution in [-0.4, -0.2) is 31.9 Å². The first-order chi connectivity index (χ1) is 16.9. The number of hydrogen-bond donors (Lipinski definition) is 2. The lowest BCUT2D eigenvalue weighted by molar-refractivity contribution is -0.120. The molecule has 1 heterocycles. The topological polar surface area (TPSA) is 97.0 Å². The summed E-state index contributed by atoms with van der Waals surface area (Å²) in [4.78, 5) is 39.6. The number of nitrogens with one attached hydrogen (secondary N) is 2. The fourth-order valence-corrected chi connectivity index (χ4v) is 3.78. The van der Waals surface area contributed by atoms with E-state index in [1.165, 1.54) is 20.3 Å². The minimum absolute atomic E-state index is 0.101. The van der Waals surface area contributed by atoms with Gasteiger partial charge in [0.25, 0.3) is 17.7 Å². The van der Waals surface area contributed by atoms with E-state index in [1.807, 2.05) is 30.3 Å². The largest absolute Gasteiger partial charge is 0.497 e. The van der Waals surface area contributed by atoms with Crippen LogP contribution in [0.15, 0.2) is 83.5 Å². The Morgan fingerprint density at radius 3 is 2.40 bits per heavy atom. The molecule has 0 saturated carbocycles. The van der Waals surface area contributed by atoms with Crippen molar-refractivity contribution < 1.29 is 23.9 Å².